The highest BCUT2D eigenvalue weighted by atomic mass is 35.5. The first-order valence-corrected chi connectivity index (χ1v) is 8.56. The predicted octanol–water partition coefficient (Wildman–Crippen LogP) is 5.38. The molecule has 3 rings (SSSR count). The maximum absolute atomic E-state index is 6.37. The van der Waals surface area contributed by atoms with Crippen molar-refractivity contribution >= 4 is 51.7 Å². The molecule has 20 heavy (non-hydrogen) atoms. The molecule has 0 spiro atoms. The molecule has 1 fully saturated rings. The van der Waals surface area contributed by atoms with Crippen molar-refractivity contribution in [3.05, 3.63) is 16.1 Å². The summed E-state index contributed by atoms with van der Waals surface area (Å²) in [5.74, 6) is 0.706. The Morgan fingerprint density at radius 2 is 1.95 bits per heavy atom. The van der Waals surface area contributed by atoms with E-state index in [1.807, 2.05) is 0 Å². The molecule has 0 bridgehead atoms. The van der Waals surface area contributed by atoms with E-state index in [4.69, 9.17) is 23.2 Å². The topological polar surface area (TPSA) is 37.8 Å². The lowest BCUT2D eigenvalue weighted by atomic mass is 9.83. The van der Waals surface area contributed by atoms with Gasteiger partial charge >= 0.3 is 0 Å². The molecule has 0 aliphatic heterocycles. The molecule has 0 saturated heterocycles. The molecule has 1 aromatic carbocycles. The summed E-state index contributed by atoms with van der Waals surface area (Å²) in [6.45, 7) is 2.26. The van der Waals surface area contributed by atoms with Crippen molar-refractivity contribution in [1.82, 2.24) is 8.75 Å². The fourth-order valence-electron chi connectivity index (χ4n) is 3.08. The Hall–Kier alpha value is -0.580. The van der Waals surface area contributed by atoms with E-state index in [1.54, 1.807) is 6.07 Å². The van der Waals surface area contributed by atoms with Gasteiger partial charge in [-0.2, -0.15) is 8.75 Å². The Bertz CT molecular complexity index is 614. The first-order chi connectivity index (χ1) is 9.70. The smallest absolute Gasteiger partial charge is 0.130 e. The molecule has 0 radical (unpaired) electrons. The largest absolute Gasteiger partial charge is 0.379 e. The molecule has 3 nitrogen and oxygen atoms in total. The molecule has 0 amide bonds. The van der Waals surface area contributed by atoms with Gasteiger partial charge in [-0.15, -0.1) is 0 Å². The Morgan fingerprint density at radius 1 is 1.20 bits per heavy atom. The summed E-state index contributed by atoms with van der Waals surface area (Å²) in [5, 5.41) is 4.82. The fraction of sp³-hybridized carbons (Fsp3) is 0.571. The molecule has 1 aliphatic rings. The fourth-order valence-corrected chi connectivity index (χ4v) is 4.25. The van der Waals surface area contributed by atoms with Crippen LogP contribution in [0.5, 0.6) is 0 Å². The van der Waals surface area contributed by atoms with Gasteiger partial charge < -0.3 is 5.32 Å². The maximum atomic E-state index is 6.37. The zero-order chi connectivity index (χ0) is 14.1. The molecule has 2 unspecified atom stereocenters. The normalized spacial score (nSPS) is 23.1. The lowest BCUT2D eigenvalue weighted by Crippen LogP contribution is -2.32. The molecule has 1 heterocycles. The summed E-state index contributed by atoms with van der Waals surface area (Å²) < 4.78 is 8.61. The van der Waals surface area contributed by atoms with Gasteiger partial charge in [-0.05, 0) is 24.8 Å². The number of anilines is 1. The average Bonchev–Trinajstić information content (AvgIpc) is 2.93. The highest BCUT2D eigenvalue weighted by Gasteiger charge is 2.25. The number of benzene rings is 1. The number of hydrogen-bond acceptors (Lipinski definition) is 4. The van der Waals surface area contributed by atoms with Gasteiger partial charge in [0.15, 0.2) is 0 Å². The van der Waals surface area contributed by atoms with Crippen molar-refractivity contribution in [2.75, 3.05) is 5.32 Å². The second kappa shape index (κ2) is 6.04. The van der Waals surface area contributed by atoms with Crippen LogP contribution >= 0.6 is 34.9 Å². The standard InChI is InChI=1S/C14H17Cl2N3S/c1-2-8-5-3-4-6-11(8)17-12-9(15)7-10(16)13-14(12)19-20-18-13/h7-8,11,17H,2-6H2,1H3. The van der Waals surface area contributed by atoms with Crippen LogP contribution in [0.2, 0.25) is 10.0 Å². The van der Waals surface area contributed by atoms with E-state index in [0.717, 1.165) is 16.7 Å². The van der Waals surface area contributed by atoms with Crippen molar-refractivity contribution in [2.45, 2.75) is 45.1 Å². The number of nitrogens with zero attached hydrogens (tertiary/aromatic N) is 2. The third kappa shape index (κ3) is 2.61. The van der Waals surface area contributed by atoms with E-state index >= 15 is 0 Å². The van der Waals surface area contributed by atoms with Crippen LogP contribution in [0.3, 0.4) is 0 Å². The van der Waals surface area contributed by atoms with Crippen LogP contribution in [0.4, 0.5) is 5.69 Å². The maximum Gasteiger partial charge on any atom is 0.130 e. The lowest BCUT2D eigenvalue weighted by molar-refractivity contribution is 0.317. The Kier molecular flexibility index (Phi) is 4.34. The summed E-state index contributed by atoms with van der Waals surface area (Å²) in [7, 11) is 0. The van der Waals surface area contributed by atoms with E-state index < -0.39 is 0 Å². The van der Waals surface area contributed by atoms with E-state index in [2.05, 4.69) is 21.0 Å². The van der Waals surface area contributed by atoms with Gasteiger partial charge in [0.2, 0.25) is 0 Å². The van der Waals surface area contributed by atoms with Crippen molar-refractivity contribution in [1.29, 1.82) is 0 Å². The Morgan fingerprint density at radius 3 is 2.75 bits per heavy atom. The van der Waals surface area contributed by atoms with Crippen LogP contribution in [0.15, 0.2) is 6.07 Å². The number of hydrogen-bond donors (Lipinski definition) is 1. The Balaban J connectivity index is 1.95. The first kappa shape index (κ1) is 14.4. The van der Waals surface area contributed by atoms with Gasteiger partial charge in [0.05, 0.1) is 27.5 Å². The quantitative estimate of drug-likeness (QED) is 0.821. The molecular formula is C14H17Cl2N3S. The average molecular weight is 330 g/mol. The van der Waals surface area contributed by atoms with E-state index in [-0.39, 0.29) is 0 Å². The summed E-state index contributed by atoms with van der Waals surface area (Å²) >= 11 is 13.7. The lowest BCUT2D eigenvalue weighted by Gasteiger charge is -2.32. The van der Waals surface area contributed by atoms with Crippen molar-refractivity contribution in [2.24, 2.45) is 5.92 Å². The first-order valence-electron chi connectivity index (χ1n) is 7.07. The molecule has 1 aromatic heterocycles. The van der Waals surface area contributed by atoms with E-state index in [9.17, 15) is 0 Å². The van der Waals surface area contributed by atoms with Crippen molar-refractivity contribution in [3.63, 3.8) is 0 Å². The van der Waals surface area contributed by atoms with Crippen LogP contribution in [0.25, 0.3) is 11.0 Å². The summed E-state index contributed by atoms with van der Waals surface area (Å²) in [6.07, 6.45) is 6.28. The molecule has 1 aliphatic carbocycles. The van der Waals surface area contributed by atoms with Gasteiger partial charge in [-0.3, -0.25) is 0 Å². The van der Waals surface area contributed by atoms with Gasteiger partial charge in [-0.25, -0.2) is 0 Å². The molecular weight excluding hydrogens is 313 g/mol. The predicted molar refractivity (Wildman–Crippen MR) is 87.1 cm³/mol. The van der Waals surface area contributed by atoms with Crippen LogP contribution in [0, 0.1) is 5.92 Å². The number of fused-ring (bicyclic) bond motifs is 1. The molecule has 2 aromatic rings. The minimum absolute atomic E-state index is 0.470. The van der Waals surface area contributed by atoms with Gasteiger partial charge in [0, 0.05) is 6.04 Å². The minimum atomic E-state index is 0.470. The molecule has 2 atom stereocenters. The molecule has 6 heteroatoms. The molecule has 108 valence electrons. The minimum Gasteiger partial charge on any atom is -0.379 e. The van der Waals surface area contributed by atoms with E-state index in [0.29, 0.717) is 22.0 Å². The third-order valence-corrected chi connectivity index (χ3v) is 5.32. The van der Waals surface area contributed by atoms with Crippen LogP contribution in [-0.2, 0) is 0 Å². The number of nitrogens with one attached hydrogen (secondary N) is 1. The second-order valence-corrected chi connectivity index (χ2v) is 6.72. The van der Waals surface area contributed by atoms with Crippen molar-refractivity contribution < 1.29 is 0 Å². The molecule has 1 saturated carbocycles. The van der Waals surface area contributed by atoms with E-state index in [1.165, 1.54) is 43.8 Å². The summed E-state index contributed by atoms with van der Waals surface area (Å²) in [6, 6.07) is 2.23. The zero-order valence-corrected chi connectivity index (χ0v) is 13.7. The Labute approximate surface area is 133 Å². The third-order valence-electron chi connectivity index (χ3n) is 4.21. The van der Waals surface area contributed by atoms with Gasteiger partial charge in [-0.1, -0.05) is 49.4 Å². The monoisotopic (exact) mass is 329 g/mol. The highest BCUT2D eigenvalue weighted by molar-refractivity contribution is 7.00. The van der Waals surface area contributed by atoms with Crippen LogP contribution < -0.4 is 5.32 Å². The highest BCUT2D eigenvalue weighted by Crippen LogP contribution is 2.38. The molecule has 1 N–H and O–H groups in total. The van der Waals surface area contributed by atoms with Gasteiger partial charge in [0.25, 0.3) is 0 Å². The summed E-state index contributed by atoms with van der Waals surface area (Å²) in [4.78, 5) is 0. The van der Waals surface area contributed by atoms with Crippen LogP contribution in [0.1, 0.15) is 39.0 Å². The summed E-state index contributed by atoms with van der Waals surface area (Å²) in [5.41, 5.74) is 2.44. The second-order valence-electron chi connectivity index (χ2n) is 5.38. The van der Waals surface area contributed by atoms with Crippen LogP contribution in [-0.4, -0.2) is 14.8 Å². The number of rotatable bonds is 3. The van der Waals surface area contributed by atoms with Gasteiger partial charge in [0.1, 0.15) is 11.0 Å². The number of aromatic nitrogens is 2. The SMILES string of the molecule is CCC1CCCCC1Nc1c(Cl)cc(Cl)c2nsnc12. The zero-order valence-electron chi connectivity index (χ0n) is 11.3. The van der Waals surface area contributed by atoms with Crippen molar-refractivity contribution in [3.8, 4) is 0 Å². The number of halogens is 2.